The summed E-state index contributed by atoms with van der Waals surface area (Å²) in [5, 5.41) is 12.1. The summed E-state index contributed by atoms with van der Waals surface area (Å²) < 4.78 is 26.2. The van der Waals surface area contributed by atoms with Gasteiger partial charge in [-0.05, 0) is 30.3 Å². The van der Waals surface area contributed by atoms with Crippen LogP contribution in [-0.4, -0.2) is 5.11 Å². The highest BCUT2D eigenvalue weighted by atomic mass is 19.1. The van der Waals surface area contributed by atoms with Gasteiger partial charge in [0.15, 0.2) is 0 Å². The summed E-state index contributed by atoms with van der Waals surface area (Å²) in [5.74, 6) is -0.812. The lowest BCUT2D eigenvalue weighted by Crippen LogP contribution is -2.02. The first-order chi connectivity index (χ1) is 8.15. The van der Waals surface area contributed by atoms with E-state index in [1.165, 1.54) is 12.1 Å². The predicted octanol–water partition coefficient (Wildman–Crippen LogP) is 3.28. The fourth-order valence-corrected chi connectivity index (χ4v) is 1.49. The average molecular weight is 235 g/mol. The van der Waals surface area contributed by atoms with Crippen molar-refractivity contribution >= 4 is 5.69 Å². The fourth-order valence-electron chi connectivity index (χ4n) is 1.49. The predicted molar refractivity (Wildman–Crippen MR) is 61.8 cm³/mol. The first-order valence-corrected chi connectivity index (χ1v) is 5.12. The molecule has 2 aromatic rings. The Labute approximate surface area is 97.5 Å². The molecule has 0 aliphatic carbocycles. The maximum atomic E-state index is 13.3. The molecule has 0 heterocycles. The first kappa shape index (κ1) is 11.4. The van der Waals surface area contributed by atoms with Crippen LogP contribution in [0.5, 0.6) is 5.75 Å². The van der Waals surface area contributed by atoms with E-state index in [2.05, 4.69) is 5.32 Å². The molecule has 2 nitrogen and oxygen atoms in total. The summed E-state index contributed by atoms with van der Waals surface area (Å²) in [7, 11) is 0. The number of hydrogen-bond acceptors (Lipinski definition) is 2. The van der Waals surface area contributed by atoms with Gasteiger partial charge in [-0.15, -0.1) is 0 Å². The zero-order valence-electron chi connectivity index (χ0n) is 8.95. The van der Waals surface area contributed by atoms with Crippen molar-refractivity contribution in [2.75, 3.05) is 5.32 Å². The number of aromatic hydroxyl groups is 1. The standard InChI is InChI=1S/C13H11F2NO/c14-10-4-5-13(15)9(6-10)8-16-11-2-1-3-12(17)7-11/h1-7,16-17H,8H2. The maximum absolute atomic E-state index is 13.3. The van der Waals surface area contributed by atoms with Gasteiger partial charge in [0.25, 0.3) is 0 Å². The lowest BCUT2D eigenvalue weighted by atomic mass is 10.2. The third-order valence-corrected chi connectivity index (χ3v) is 2.34. The Kier molecular flexibility index (Phi) is 3.23. The van der Waals surface area contributed by atoms with Crippen LogP contribution in [0.4, 0.5) is 14.5 Å². The van der Waals surface area contributed by atoms with E-state index in [-0.39, 0.29) is 17.9 Å². The second kappa shape index (κ2) is 4.82. The summed E-state index contributed by atoms with van der Waals surface area (Å²) in [6, 6.07) is 9.76. The van der Waals surface area contributed by atoms with Crippen molar-refractivity contribution in [1.29, 1.82) is 0 Å². The Morgan fingerprint density at radius 1 is 1.06 bits per heavy atom. The molecule has 0 unspecified atom stereocenters. The third kappa shape index (κ3) is 2.93. The van der Waals surface area contributed by atoms with E-state index in [1.54, 1.807) is 12.1 Å². The van der Waals surface area contributed by atoms with Gasteiger partial charge in [-0.25, -0.2) is 8.78 Å². The lowest BCUT2D eigenvalue weighted by molar-refractivity contribution is 0.475. The molecule has 0 aliphatic rings. The number of rotatable bonds is 3. The maximum Gasteiger partial charge on any atom is 0.128 e. The second-order valence-corrected chi connectivity index (χ2v) is 3.64. The number of benzene rings is 2. The van der Waals surface area contributed by atoms with Crippen LogP contribution in [0.25, 0.3) is 0 Å². The Bertz CT molecular complexity index is 529. The molecule has 0 saturated heterocycles. The molecular formula is C13H11F2NO. The highest BCUT2D eigenvalue weighted by molar-refractivity contribution is 5.48. The minimum Gasteiger partial charge on any atom is -0.508 e. The quantitative estimate of drug-likeness (QED) is 0.855. The van der Waals surface area contributed by atoms with E-state index >= 15 is 0 Å². The van der Waals surface area contributed by atoms with Crippen molar-refractivity contribution in [2.45, 2.75) is 6.54 Å². The van der Waals surface area contributed by atoms with Gasteiger partial charge in [-0.3, -0.25) is 0 Å². The number of hydrogen-bond donors (Lipinski definition) is 2. The van der Waals surface area contributed by atoms with Crippen molar-refractivity contribution < 1.29 is 13.9 Å². The zero-order chi connectivity index (χ0) is 12.3. The Morgan fingerprint density at radius 3 is 2.65 bits per heavy atom. The Hall–Kier alpha value is -2.10. The van der Waals surface area contributed by atoms with Crippen molar-refractivity contribution in [1.82, 2.24) is 0 Å². The van der Waals surface area contributed by atoms with Gasteiger partial charge >= 0.3 is 0 Å². The van der Waals surface area contributed by atoms with Crippen LogP contribution in [-0.2, 0) is 6.54 Å². The molecule has 17 heavy (non-hydrogen) atoms. The van der Waals surface area contributed by atoms with Gasteiger partial charge in [0, 0.05) is 23.9 Å². The monoisotopic (exact) mass is 235 g/mol. The second-order valence-electron chi connectivity index (χ2n) is 3.64. The van der Waals surface area contributed by atoms with Crippen LogP contribution in [0.15, 0.2) is 42.5 Å². The molecule has 0 aliphatic heterocycles. The third-order valence-electron chi connectivity index (χ3n) is 2.34. The largest absolute Gasteiger partial charge is 0.508 e. The molecule has 2 N–H and O–H groups in total. The Balaban J connectivity index is 2.09. The van der Waals surface area contributed by atoms with Gasteiger partial charge < -0.3 is 10.4 Å². The Morgan fingerprint density at radius 2 is 1.88 bits per heavy atom. The molecule has 0 amide bonds. The number of phenolic OH excluding ortho intramolecular Hbond substituents is 1. The first-order valence-electron chi connectivity index (χ1n) is 5.12. The van der Waals surface area contributed by atoms with E-state index in [1.807, 2.05) is 0 Å². The molecule has 0 fully saturated rings. The van der Waals surface area contributed by atoms with Gasteiger partial charge in [-0.1, -0.05) is 6.07 Å². The minimum absolute atomic E-state index is 0.120. The molecule has 0 spiro atoms. The highest BCUT2D eigenvalue weighted by Crippen LogP contribution is 2.17. The molecule has 0 atom stereocenters. The number of phenols is 1. The van der Waals surface area contributed by atoms with Crippen molar-refractivity contribution in [2.24, 2.45) is 0 Å². The van der Waals surface area contributed by atoms with E-state index in [0.29, 0.717) is 5.69 Å². The van der Waals surface area contributed by atoms with Gasteiger partial charge in [0.2, 0.25) is 0 Å². The van der Waals surface area contributed by atoms with Crippen molar-refractivity contribution in [3.8, 4) is 5.75 Å². The van der Waals surface area contributed by atoms with Crippen molar-refractivity contribution in [3.05, 3.63) is 59.7 Å². The van der Waals surface area contributed by atoms with Crippen LogP contribution >= 0.6 is 0 Å². The van der Waals surface area contributed by atoms with Gasteiger partial charge in [-0.2, -0.15) is 0 Å². The number of nitrogens with one attached hydrogen (secondary N) is 1. The van der Waals surface area contributed by atoms with Crippen LogP contribution in [0.2, 0.25) is 0 Å². The molecular weight excluding hydrogens is 224 g/mol. The summed E-state index contributed by atoms with van der Waals surface area (Å²) in [5.41, 5.74) is 0.891. The molecule has 2 aromatic carbocycles. The SMILES string of the molecule is Oc1cccc(NCc2cc(F)ccc2F)c1. The van der Waals surface area contributed by atoms with Crippen molar-refractivity contribution in [3.63, 3.8) is 0 Å². The van der Waals surface area contributed by atoms with Crippen LogP contribution in [0.3, 0.4) is 0 Å². The van der Waals surface area contributed by atoms with Gasteiger partial charge in [0.1, 0.15) is 17.4 Å². The summed E-state index contributed by atoms with van der Waals surface area (Å²) >= 11 is 0. The summed E-state index contributed by atoms with van der Waals surface area (Å²) in [4.78, 5) is 0. The lowest BCUT2D eigenvalue weighted by Gasteiger charge is -2.07. The molecule has 0 bridgehead atoms. The molecule has 4 heteroatoms. The average Bonchev–Trinajstić information content (AvgIpc) is 2.30. The van der Waals surface area contributed by atoms with Crippen LogP contribution in [0.1, 0.15) is 5.56 Å². The van der Waals surface area contributed by atoms with E-state index in [0.717, 1.165) is 18.2 Å². The van der Waals surface area contributed by atoms with Gasteiger partial charge in [0.05, 0.1) is 0 Å². The van der Waals surface area contributed by atoms with E-state index < -0.39 is 11.6 Å². The molecule has 88 valence electrons. The van der Waals surface area contributed by atoms with E-state index in [9.17, 15) is 13.9 Å². The topological polar surface area (TPSA) is 32.3 Å². The molecule has 0 radical (unpaired) electrons. The van der Waals surface area contributed by atoms with E-state index in [4.69, 9.17) is 0 Å². The molecule has 0 saturated carbocycles. The fraction of sp³-hybridized carbons (Fsp3) is 0.0769. The normalized spacial score (nSPS) is 10.2. The molecule has 0 aromatic heterocycles. The number of anilines is 1. The van der Waals surface area contributed by atoms with Crippen LogP contribution < -0.4 is 5.32 Å². The van der Waals surface area contributed by atoms with Crippen LogP contribution in [0, 0.1) is 11.6 Å². The highest BCUT2D eigenvalue weighted by Gasteiger charge is 2.03. The summed E-state index contributed by atoms with van der Waals surface area (Å²) in [6.07, 6.45) is 0. The summed E-state index contributed by atoms with van der Waals surface area (Å²) in [6.45, 7) is 0.160. The smallest absolute Gasteiger partial charge is 0.128 e. The molecule has 2 rings (SSSR count). The minimum atomic E-state index is -0.473. The zero-order valence-corrected chi connectivity index (χ0v) is 8.95. The number of halogens is 2.